The summed E-state index contributed by atoms with van der Waals surface area (Å²) in [6, 6.07) is 8.20. The minimum Gasteiger partial charge on any atom is -0.395 e. The molecule has 22 heavy (non-hydrogen) atoms. The molecule has 1 aromatic rings. The molecule has 0 saturated carbocycles. The Morgan fingerprint density at radius 1 is 1.41 bits per heavy atom. The van der Waals surface area contributed by atoms with Crippen LogP contribution in [0.1, 0.15) is 42.9 Å². The highest BCUT2D eigenvalue weighted by molar-refractivity contribution is 5.75. The van der Waals surface area contributed by atoms with Crippen LogP contribution >= 0.6 is 0 Å². The Kier molecular flexibility index (Phi) is 6.29. The van der Waals surface area contributed by atoms with Gasteiger partial charge in [-0.05, 0) is 36.8 Å². The molecule has 118 valence electrons. The van der Waals surface area contributed by atoms with Crippen molar-refractivity contribution in [3.63, 3.8) is 0 Å². The molecule has 1 aliphatic rings. The number of aryl methyl sites for hydroxylation is 1. The number of benzene rings is 1. The lowest BCUT2D eigenvalue weighted by atomic mass is 10.1. The van der Waals surface area contributed by atoms with Crippen LogP contribution in [0.25, 0.3) is 0 Å². The Morgan fingerprint density at radius 2 is 2.23 bits per heavy atom. The summed E-state index contributed by atoms with van der Waals surface area (Å²) < 4.78 is 0. The molecule has 0 bridgehead atoms. The highest BCUT2D eigenvalue weighted by Gasteiger charge is 2.30. The van der Waals surface area contributed by atoms with E-state index < -0.39 is 0 Å². The van der Waals surface area contributed by atoms with E-state index in [1.807, 2.05) is 12.1 Å². The maximum Gasteiger partial charge on any atom is 0.317 e. The van der Waals surface area contributed by atoms with Crippen LogP contribution in [0.2, 0.25) is 0 Å². The summed E-state index contributed by atoms with van der Waals surface area (Å²) >= 11 is 0. The molecule has 0 fully saturated rings. The second-order valence-corrected chi connectivity index (χ2v) is 5.56. The first-order chi connectivity index (χ1) is 10.8. The predicted octanol–water partition coefficient (Wildman–Crippen LogP) is 2.48. The van der Waals surface area contributed by atoms with Crippen molar-refractivity contribution in [1.82, 2.24) is 10.2 Å². The van der Waals surface area contributed by atoms with Crippen molar-refractivity contribution >= 4 is 6.03 Å². The van der Waals surface area contributed by atoms with Crippen LogP contribution in [0.5, 0.6) is 0 Å². The summed E-state index contributed by atoms with van der Waals surface area (Å²) in [5, 5.41) is 12.2. The van der Waals surface area contributed by atoms with Crippen LogP contribution < -0.4 is 5.32 Å². The maximum atomic E-state index is 12.4. The molecule has 1 aliphatic carbocycles. The summed E-state index contributed by atoms with van der Waals surface area (Å²) in [6.45, 7) is 0.954. The van der Waals surface area contributed by atoms with Crippen LogP contribution in [0, 0.1) is 12.3 Å². The minimum absolute atomic E-state index is 0.0246. The molecule has 4 heteroatoms. The van der Waals surface area contributed by atoms with E-state index in [1.54, 1.807) is 4.90 Å². The fraction of sp³-hybridized carbons (Fsp3) is 0.500. The van der Waals surface area contributed by atoms with Crippen LogP contribution in [-0.2, 0) is 6.42 Å². The van der Waals surface area contributed by atoms with Gasteiger partial charge in [0.2, 0.25) is 0 Å². The lowest BCUT2D eigenvalue weighted by Crippen LogP contribution is -2.43. The van der Waals surface area contributed by atoms with Crippen LogP contribution in [0.4, 0.5) is 4.79 Å². The molecule has 0 radical (unpaired) electrons. The molecule has 2 amide bonds. The summed E-state index contributed by atoms with van der Waals surface area (Å²) in [4.78, 5) is 14.2. The number of hydrogen-bond donors (Lipinski definition) is 2. The van der Waals surface area contributed by atoms with E-state index in [4.69, 9.17) is 6.42 Å². The van der Waals surface area contributed by atoms with Gasteiger partial charge in [0.25, 0.3) is 0 Å². The molecule has 0 aromatic heterocycles. The van der Waals surface area contributed by atoms with Gasteiger partial charge in [-0.3, -0.25) is 0 Å². The second-order valence-electron chi connectivity index (χ2n) is 5.56. The van der Waals surface area contributed by atoms with Gasteiger partial charge < -0.3 is 15.3 Å². The Hall–Kier alpha value is -1.99. The number of urea groups is 1. The van der Waals surface area contributed by atoms with E-state index in [9.17, 15) is 9.90 Å². The van der Waals surface area contributed by atoms with Gasteiger partial charge in [0.1, 0.15) is 0 Å². The van der Waals surface area contributed by atoms with Crippen molar-refractivity contribution in [2.75, 3.05) is 19.7 Å². The van der Waals surface area contributed by atoms with Gasteiger partial charge in [0, 0.05) is 19.5 Å². The average Bonchev–Trinajstić information content (AvgIpc) is 2.96. The third-order valence-electron chi connectivity index (χ3n) is 4.10. The van der Waals surface area contributed by atoms with Gasteiger partial charge in [-0.25, -0.2) is 4.79 Å². The largest absolute Gasteiger partial charge is 0.395 e. The zero-order valence-corrected chi connectivity index (χ0v) is 12.9. The van der Waals surface area contributed by atoms with E-state index in [1.165, 1.54) is 11.1 Å². The fourth-order valence-electron chi connectivity index (χ4n) is 3.01. The van der Waals surface area contributed by atoms with Crippen molar-refractivity contribution < 1.29 is 9.90 Å². The highest BCUT2D eigenvalue weighted by Crippen LogP contribution is 2.35. The SMILES string of the molecule is C#CCCCCNC(=O)N(CCO)C1CCc2ccccc21. The van der Waals surface area contributed by atoms with Crippen LogP contribution in [-0.4, -0.2) is 35.7 Å². The number of aliphatic hydroxyl groups is 1. The van der Waals surface area contributed by atoms with Crippen molar-refractivity contribution in [3.05, 3.63) is 35.4 Å². The molecule has 4 nitrogen and oxygen atoms in total. The van der Waals surface area contributed by atoms with Gasteiger partial charge >= 0.3 is 6.03 Å². The molecule has 1 atom stereocenters. The first-order valence-electron chi connectivity index (χ1n) is 7.94. The van der Waals surface area contributed by atoms with Gasteiger partial charge in [-0.2, -0.15) is 0 Å². The molecule has 2 N–H and O–H groups in total. The van der Waals surface area contributed by atoms with Crippen LogP contribution in [0.3, 0.4) is 0 Å². The molecular weight excluding hydrogens is 276 g/mol. The molecule has 1 unspecified atom stereocenters. The monoisotopic (exact) mass is 300 g/mol. The fourth-order valence-corrected chi connectivity index (χ4v) is 3.01. The maximum absolute atomic E-state index is 12.4. The molecule has 0 spiro atoms. The van der Waals surface area contributed by atoms with E-state index in [2.05, 4.69) is 23.4 Å². The van der Waals surface area contributed by atoms with Crippen molar-refractivity contribution in [1.29, 1.82) is 0 Å². The number of nitrogens with one attached hydrogen (secondary N) is 1. The van der Waals surface area contributed by atoms with Gasteiger partial charge in [-0.1, -0.05) is 24.3 Å². The van der Waals surface area contributed by atoms with Crippen LogP contribution in [0.15, 0.2) is 24.3 Å². The number of hydrogen-bond acceptors (Lipinski definition) is 2. The molecular formula is C18H24N2O2. The number of carbonyl (C=O) groups excluding carboxylic acids is 1. The summed E-state index contributed by atoms with van der Waals surface area (Å²) in [6.07, 6.45) is 9.66. The zero-order valence-electron chi connectivity index (χ0n) is 12.9. The number of fused-ring (bicyclic) bond motifs is 1. The summed E-state index contributed by atoms with van der Waals surface area (Å²) in [5.74, 6) is 2.60. The van der Waals surface area contributed by atoms with E-state index in [0.717, 1.165) is 32.1 Å². The third-order valence-corrected chi connectivity index (χ3v) is 4.10. The van der Waals surface area contributed by atoms with Gasteiger partial charge in [-0.15, -0.1) is 12.3 Å². The van der Waals surface area contributed by atoms with Gasteiger partial charge in [0.15, 0.2) is 0 Å². The Bertz CT molecular complexity index is 536. The predicted molar refractivity (Wildman–Crippen MR) is 87.4 cm³/mol. The summed E-state index contributed by atoms with van der Waals surface area (Å²) in [7, 11) is 0. The number of rotatable bonds is 7. The Morgan fingerprint density at radius 3 is 3.00 bits per heavy atom. The lowest BCUT2D eigenvalue weighted by molar-refractivity contribution is 0.151. The van der Waals surface area contributed by atoms with E-state index in [-0.39, 0.29) is 18.7 Å². The number of terminal acetylenes is 1. The number of carbonyl (C=O) groups is 1. The number of nitrogens with zero attached hydrogens (tertiary/aromatic N) is 1. The van der Waals surface area contributed by atoms with Crippen molar-refractivity contribution in [2.24, 2.45) is 0 Å². The van der Waals surface area contributed by atoms with E-state index >= 15 is 0 Å². The molecule has 1 aromatic carbocycles. The van der Waals surface area contributed by atoms with E-state index in [0.29, 0.717) is 13.1 Å². The molecule has 2 rings (SSSR count). The minimum atomic E-state index is -0.100. The quantitative estimate of drug-likeness (QED) is 0.600. The normalized spacial score (nSPS) is 15.9. The second kappa shape index (κ2) is 8.45. The smallest absolute Gasteiger partial charge is 0.317 e. The average molecular weight is 300 g/mol. The van der Waals surface area contributed by atoms with Crippen molar-refractivity contribution in [3.8, 4) is 12.3 Å². The van der Waals surface area contributed by atoms with Crippen molar-refractivity contribution in [2.45, 2.75) is 38.1 Å². The number of amides is 2. The first kappa shape index (κ1) is 16.4. The molecule has 0 aliphatic heterocycles. The first-order valence-corrected chi connectivity index (χ1v) is 7.94. The molecule has 0 heterocycles. The standard InChI is InChI=1S/C18H24N2O2/c1-2-3-4-7-12-19-18(22)20(13-14-21)17-11-10-15-8-5-6-9-16(15)17/h1,5-6,8-9,17,21H,3-4,7,10-14H2,(H,19,22). The highest BCUT2D eigenvalue weighted by atomic mass is 16.3. The number of aliphatic hydroxyl groups excluding tert-OH is 1. The Balaban J connectivity index is 1.95. The Labute approximate surface area is 132 Å². The zero-order chi connectivity index (χ0) is 15.8. The van der Waals surface area contributed by atoms with Gasteiger partial charge in [0.05, 0.1) is 12.6 Å². The molecule has 0 saturated heterocycles. The number of unbranched alkanes of at least 4 members (excludes halogenated alkanes) is 2. The third kappa shape index (κ3) is 4.02. The lowest BCUT2D eigenvalue weighted by Gasteiger charge is -2.29. The topological polar surface area (TPSA) is 52.6 Å². The summed E-state index contributed by atoms with van der Waals surface area (Å²) in [5.41, 5.74) is 2.51.